The van der Waals surface area contributed by atoms with Gasteiger partial charge in [0.25, 0.3) is 0 Å². The molecule has 0 saturated carbocycles. The Morgan fingerprint density at radius 2 is 2.25 bits per heavy atom. The number of rotatable bonds is 3. The zero-order valence-corrected chi connectivity index (χ0v) is 12.2. The Labute approximate surface area is 124 Å². The molecule has 0 atom stereocenters. The first-order valence-corrected chi connectivity index (χ1v) is 7.03. The minimum absolute atomic E-state index is 0.347. The third kappa shape index (κ3) is 2.59. The lowest BCUT2D eigenvalue weighted by atomic mass is 10.1. The van der Waals surface area contributed by atoms with E-state index in [9.17, 15) is 9.90 Å². The fourth-order valence-corrected chi connectivity index (χ4v) is 2.80. The molecule has 1 aliphatic heterocycles. The molecule has 0 aliphatic carbocycles. The largest absolute Gasteiger partial charge is 0.478 e. The van der Waals surface area contributed by atoms with Crippen molar-refractivity contribution in [2.75, 3.05) is 6.54 Å². The second kappa shape index (κ2) is 5.34. The maximum absolute atomic E-state index is 11.3. The fraction of sp³-hybridized carbons (Fsp3) is 0.308. The van der Waals surface area contributed by atoms with Crippen molar-refractivity contribution in [3.05, 3.63) is 46.0 Å². The van der Waals surface area contributed by atoms with Gasteiger partial charge in [0.2, 0.25) is 0 Å². The van der Waals surface area contributed by atoms with Crippen LogP contribution < -0.4 is 0 Å². The number of aromatic nitrogens is 3. The van der Waals surface area contributed by atoms with Gasteiger partial charge in [-0.25, -0.2) is 14.5 Å². The predicted molar refractivity (Wildman–Crippen MR) is 75.2 cm³/mol. The summed E-state index contributed by atoms with van der Waals surface area (Å²) in [4.78, 5) is 17.7. The second-order valence-electron chi connectivity index (χ2n) is 4.72. The van der Waals surface area contributed by atoms with Crippen LogP contribution in [-0.2, 0) is 19.6 Å². The van der Waals surface area contributed by atoms with Gasteiger partial charge in [-0.3, -0.25) is 4.90 Å². The molecule has 6 nitrogen and oxygen atoms in total. The highest BCUT2D eigenvalue weighted by atomic mass is 79.9. The Hall–Kier alpha value is -1.73. The highest BCUT2D eigenvalue weighted by molar-refractivity contribution is 9.10. The smallest absolute Gasteiger partial charge is 0.336 e. The van der Waals surface area contributed by atoms with Crippen LogP contribution in [0.4, 0.5) is 0 Å². The molecule has 2 aromatic rings. The highest BCUT2D eigenvalue weighted by Gasteiger charge is 2.20. The maximum atomic E-state index is 11.3. The van der Waals surface area contributed by atoms with Gasteiger partial charge in [-0.15, -0.1) is 0 Å². The molecule has 3 rings (SSSR count). The Kier molecular flexibility index (Phi) is 3.54. The van der Waals surface area contributed by atoms with E-state index in [1.54, 1.807) is 18.5 Å². The number of carbonyl (C=O) groups is 1. The van der Waals surface area contributed by atoms with Crippen molar-refractivity contribution in [2.45, 2.75) is 19.6 Å². The number of carboxylic acids is 1. The van der Waals surface area contributed by atoms with Gasteiger partial charge in [0, 0.05) is 17.6 Å². The van der Waals surface area contributed by atoms with Crippen molar-refractivity contribution in [2.24, 2.45) is 0 Å². The van der Waals surface area contributed by atoms with Gasteiger partial charge in [-0.2, -0.15) is 5.10 Å². The van der Waals surface area contributed by atoms with E-state index in [4.69, 9.17) is 0 Å². The predicted octanol–water partition coefficient (Wildman–Crippen LogP) is 1.75. The fourth-order valence-electron chi connectivity index (χ4n) is 2.39. The number of benzene rings is 1. The summed E-state index contributed by atoms with van der Waals surface area (Å²) in [7, 11) is 0. The Balaban J connectivity index is 1.82. The molecule has 0 spiro atoms. The topological polar surface area (TPSA) is 71.2 Å². The summed E-state index contributed by atoms with van der Waals surface area (Å²) in [5.74, 6) is 0.0239. The van der Waals surface area contributed by atoms with Crippen LogP contribution in [0, 0.1) is 0 Å². The van der Waals surface area contributed by atoms with E-state index in [1.807, 2.05) is 10.7 Å². The van der Waals surface area contributed by atoms with Gasteiger partial charge in [-0.1, -0.05) is 15.9 Å². The Morgan fingerprint density at radius 1 is 1.40 bits per heavy atom. The third-order valence-electron chi connectivity index (χ3n) is 3.38. The average Bonchev–Trinajstić information content (AvgIpc) is 2.85. The quantitative estimate of drug-likeness (QED) is 0.924. The molecule has 1 N–H and O–H groups in total. The monoisotopic (exact) mass is 336 g/mol. The highest BCUT2D eigenvalue weighted by Crippen LogP contribution is 2.20. The lowest BCUT2D eigenvalue weighted by molar-refractivity contribution is 0.0694. The summed E-state index contributed by atoms with van der Waals surface area (Å²) < 4.78 is 2.77. The number of hydrogen-bond acceptors (Lipinski definition) is 4. The van der Waals surface area contributed by atoms with E-state index in [0.717, 1.165) is 29.0 Å². The van der Waals surface area contributed by atoms with Gasteiger partial charge in [0.15, 0.2) is 0 Å². The first-order chi connectivity index (χ1) is 9.63. The molecule has 7 heteroatoms. The molecular weight excluding hydrogens is 324 g/mol. The number of fused-ring (bicyclic) bond motifs is 1. The lowest BCUT2D eigenvalue weighted by Gasteiger charge is -2.27. The zero-order chi connectivity index (χ0) is 14.1. The van der Waals surface area contributed by atoms with Crippen LogP contribution in [0.3, 0.4) is 0 Å². The Morgan fingerprint density at radius 3 is 3.05 bits per heavy atom. The zero-order valence-electron chi connectivity index (χ0n) is 10.7. The molecule has 0 radical (unpaired) electrons. The first-order valence-electron chi connectivity index (χ1n) is 6.24. The van der Waals surface area contributed by atoms with Gasteiger partial charge < -0.3 is 5.11 Å². The van der Waals surface area contributed by atoms with Crippen molar-refractivity contribution in [3.8, 4) is 0 Å². The van der Waals surface area contributed by atoms with Crippen molar-refractivity contribution >= 4 is 21.9 Å². The molecule has 0 amide bonds. The molecule has 104 valence electrons. The summed E-state index contributed by atoms with van der Waals surface area (Å²) in [6.45, 7) is 2.90. The number of nitrogens with zero attached hydrogens (tertiary/aromatic N) is 4. The minimum atomic E-state index is -0.896. The number of aromatic carboxylic acids is 1. The van der Waals surface area contributed by atoms with E-state index in [-0.39, 0.29) is 0 Å². The van der Waals surface area contributed by atoms with Gasteiger partial charge in [0.05, 0.1) is 18.7 Å². The Bertz CT molecular complexity index is 656. The van der Waals surface area contributed by atoms with Crippen LogP contribution >= 0.6 is 15.9 Å². The normalized spacial score (nSPS) is 15.1. The summed E-state index contributed by atoms with van der Waals surface area (Å²) >= 11 is 3.39. The SMILES string of the molecule is O=C(O)c1ccc(Br)cc1CN1CCn2ncnc2C1. The standard InChI is InChI=1S/C13H13BrN4O2/c14-10-1-2-11(13(19)20)9(5-10)6-17-3-4-18-12(7-17)15-8-16-18/h1-2,5,8H,3-4,6-7H2,(H,19,20). The van der Waals surface area contributed by atoms with E-state index in [2.05, 4.69) is 30.9 Å². The van der Waals surface area contributed by atoms with Crippen molar-refractivity contribution in [1.82, 2.24) is 19.7 Å². The maximum Gasteiger partial charge on any atom is 0.336 e. The number of hydrogen-bond donors (Lipinski definition) is 1. The summed E-state index contributed by atoms with van der Waals surface area (Å²) in [5, 5.41) is 13.4. The summed E-state index contributed by atoms with van der Waals surface area (Å²) in [5.41, 5.74) is 1.15. The molecule has 0 saturated heterocycles. The second-order valence-corrected chi connectivity index (χ2v) is 5.63. The molecule has 2 heterocycles. The minimum Gasteiger partial charge on any atom is -0.478 e. The molecule has 0 bridgehead atoms. The van der Waals surface area contributed by atoms with E-state index in [0.29, 0.717) is 18.7 Å². The molecule has 20 heavy (non-hydrogen) atoms. The van der Waals surface area contributed by atoms with Crippen LogP contribution in [0.2, 0.25) is 0 Å². The molecule has 1 aromatic carbocycles. The molecular formula is C13H13BrN4O2. The van der Waals surface area contributed by atoms with Crippen molar-refractivity contribution in [1.29, 1.82) is 0 Å². The van der Waals surface area contributed by atoms with Crippen LogP contribution in [0.1, 0.15) is 21.7 Å². The van der Waals surface area contributed by atoms with Gasteiger partial charge in [0.1, 0.15) is 12.2 Å². The van der Waals surface area contributed by atoms with Crippen LogP contribution in [0.5, 0.6) is 0 Å². The number of halogens is 1. The molecule has 1 aliphatic rings. The average molecular weight is 337 g/mol. The van der Waals surface area contributed by atoms with Gasteiger partial charge in [-0.05, 0) is 23.8 Å². The van der Waals surface area contributed by atoms with Crippen LogP contribution in [-0.4, -0.2) is 37.3 Å². The van der Waals surface area contributed by atoms with E-state index in [1.165, 1.54) is 0 Å². The first kappa shape index (κ1) is 13.3. The van der Waals surface area contributed by atoms with E-state index >= 15 is 0 Å². The molecule has 1 aromatic heterocycles. The van der Waals surface area contributed by atoms with Gasteiger partial charge >= 0.3 is 5.97 Å². The molecule has 0 unspecified atom stereocenters. The third-order valence-corrected chi connectivity index (χ3v) is 3.87. The molecule has 0 fully saturated rings. The lowest BCUT2D eigenvalue weighted by Crippen LogP contribution is -2.34. The van der Waals surface area contributed by atoms with Crippen LogP contribution in [0.15, 0.2) is 29.0 Å². The van der Waals surface area contributed by atoms with Crippen LogP contribution in [0.25, 0.3) is 0 Å². The van der Waals surface area contributed by atoms with E-state index < -0.39 is 5.97 Å². The summed E-state index contributed by atoms with van der Waals surface area (Å²) in [6.07, 6.45) is 1.56. The van der Waals surface area contributed by atoms with Crippen molar-refractivity contribution in [3.63, 3.8) is 0 Å². The van der Waals surface area contributed by atoms with Crippen molar-refractivity contribution < 1.29 is 9.90 Å². The number of carboxylic acid groups (broad SMARTS) is 1. The summed E-state index contributed by atoms with van der Waals surface area (Å²) in [6, 6.07) is 5.25.